The fourth-order valence-electron chi connectivity index (χ4n) is 1.53. The highest BCUT2D eigenvalue weighted by Gasteiger charge is 2.13. The Labute approximate surface area is 87.9 Å². The van der Waals surface area contributed by atoms with Gasteiger partial charge in [0.25, 0.3) is 0 Å². The molecule has 0 saturated carbocycles. The maximum absolute atomic E-state index is 13.4. The normalized spacial score (nSPS) is 12.8. The molecular weight excluding hydrogens is 200 g/mol. The summed E-state index contributed by atoms with van der Waals surface area (Å²) in [5, 5.41) is 11.6. The summed E-state index contributed by atoms with van der Waals surface area (Å²) in [6.07, 6.45) is 1.21. The zero-order chi connectivity index (χ0) is 11.3. The molecule has 15 heavy (non-hydrogen) atoms. The van der Waals surface area contributed by atoms with E-state index in [4.69, 9.17) is 5.11 Å². The first-order valence-electron chi connectivity index (χ1n) is 4.92. The molecule has 0 bridgehead atoms. The Bertz CT molecular complexity index is 317. The van der Waals surface area contributed by atoms with Crippen LogP contribution < -0.4 is 5.32 Å². The maximum Gasteiger partial charge on any atom is 0.130 e. The van der Waals surface area contributed by atoms with Crippen molar-refractivity contribution in [2.75, 3.05) is 13.7 Å². The molecule has 2 N–H and O–H groups in total. The van der Waals surface area contributed by atoms with Gasteiger partial charge in [-0.15, -0.1) is 0 Å². The highest BCUT2D eigenvalue weighted by atomic mass is 19.1. The molecule has 1 atom stereocenters. The minimum absolute atomic E-state index is 0.0704. The second-order valence-corrected chi connectivity index (χ2v) is 3.37. The molecule has 0 spiro atoms. The molecule has 0 aliphatic heterocycles. The van der Waals surface area contributed by atoms with Crippen LogP contribution in [0.2, 0.25) is 0 Å². The lowest BCUT2D eigenvalue weighted by Crippen LogP contribution is -2.18. The first kappa shape index (κ1) is 12.1. The second-order valence-electron chi connectivity index (χ2n) is 3.37. The average Bonchev–Trinajstić information content (AvgIpc) is 2.21. The second kappa shape index (κ2) is 5.78. The van der Waals surface area contributed by atoms with Crippen LogP contribution in [-0.4, -0.2) is 18.8 Å². The lowest BCUT2D eigenvalue weighted by molar-refractivity contribution is 0.276. The van der Waals surface area contributed by atoms with Gasteiger partial charge in [-0.2, -0.15) is 0 Å². The number of aliphatic hydroxyl groups excluding tert-OH is 1. The minimum atomic E-state index is -0.576. The van der Waals surface area contributed by atoms with E-state index in [1.54, 1.807) is 7.05 Å². The number of hydrogen-bond donors (Lipinski definition) is 2. The summed E-state index contributed by atoms with van der Waals surface area (Å²) < 4.78 is 26.0. The Morgan fingerprint density at radius 2 is 2.13 bits per heavy atom. The predicted molar refractivity (Wildman–Crippen MR) is 54.5 cm³/mol. The van der Waals surface area contributed by atoms with E-state index in [-0.39, 0.29) is 12.6 Å². The number of rotatable bonds is 5. The van der Waals surface area contributed by atoms with E-state index < -0.39 is 11.6 Å². The first-order valence-corrected chi connectivity index (χ1v) is 4.92. The average molecular weight is 215 g/mol. The number of benzene rings is 1. The van der Waals surface area contributed by atoms with Crippen molar-refractivity contribution in [1.29, 1.82) is 0 Å². The van der Waals surface area contributed by atoms with E-state index in [0.717, 1.165) is 6.07 Å². The van der Waals surface area contributed by atoms with Crippen LogP contribution in [0.4, 0.5) is 8.78 Å². The molecule has 0 saturated heterocycles. The van der Waals surface area contributed by atoms with Gasteiger partial charge in [0.2, 0.25) is 0 Å². The molecule has 2 nitrogen and oxygen atoms in total. The molecule has 1 aromatic carbocycles. The van der Waals surface area contributed by atoms with E-state index in [1.165, 1.54) is 12.1 Å². The summed E-state index contributed by atoms with van der Waals surface area (Å²) in [5.41, 5.74) is 0.437. The fourth-order valence-corrected chi connectivity index (χ4v) is 1.53. The van der Waals surface area contributed by atoms with Gasteiger partial charge >= 0.3 is 0 Å². The Morgan fingerprint density at radius 3 is 2.67 bits per heavy atom. The van der Waals surface area contributed by atoms with Crippen molar-refractivity contribution < 1.29 is 13.9 Å². The van der Waals surface area contributed by atoms with E-state index >= 15 is 0 Å². The SMILES string of the molecule is CNC(CCCO)c1ccc(F)cc1F. The third kappa shape index (κ3) is 3.25. The van der Waals surface area contributed by atoms with Crippen LogP contribution in [0.1, 0.15) is 24.4 Å². The number of hydrogen-bond acceptors (Lipinski definition) is 2. The highest BCUT2D eigenvalue weighted by molar-refractivity contribution is 5.22. The van der Waals surface area contributed by atoms with Gasteiger partial charge in [-0.05, 0) is 26.0 Å². The Balaban J connectivity index is 2.81. The molecule has 0 aliphatic carbocycles. The Kier molecular flexibility index (Phi) is 4.65. The van der Waals surface area contributed by atoms with Gasteiger partial charge in [0.1, 0.15) is 11.6 Å². The van der Waals surface area contributed by atoms with Crippen LogP contribution in [0.25, 0.3) is 0 Å². The van der Waals surface area contributed by atoms with Gasteiger partial charge in [-0.3, -0.25) is 0 Å². The number of halogens is 2. The Hall–Kier alpha value is -1.00. The van der Waals surface area contributed by atoms with E-state index in [0.29, 0.717) is 18.4 Å². The van der Waals surface area contributed by atoms with Crippen molar-refractivity contribution in [3.05, 3.63) is 35.4 Å². The van der Waals surface area contributed by atoms with Crippen molar-refractivity contribution in [2.24, 2.45) is 0 Å². The van der Waals surface area contributed by atoms with Crippen LogP contribution >= 0.6 is 0 Å². The Morgan fingerprint density at radius 1 is 1.40 bits per heavy atom. The molecule has 0 aromatic heterocycles. The van der Waals surface area contributed by atoms with Gasteiger partial charge in [0.05, 0.1) is 0 Å². The molecule has 1 aromatic rings. The van der Waals surface area contributed by atoms with Gasteiger partial charge < -0.3 is 10.4 Å². The predicted octanol–water partition coefficient (Wildman–Crippen LogP) is 2.00. The van der Waals surface area contributed by atoms with Crippen LogP contribution in [0, 0.1) is 11.6 Å². The zero-order valence-electron chi connectivity index (χ0n) is 8.63. The lowest BCUT2D eigenvalue weighted by Gasteiger charge is -2.16. The van der Waals surface area contributed by atoms with Gasteiger partial charge in [0.15, 0.2) is 0 Å². The summed E-state index contributed by atoms with van der Waals surface area (Å²) in [4.78, 5) is 0. The third-order valence-electron chi connectivity index (χ3n) is 2.34. The molecular formula is C11H15F2NO. The van der Waals surface area contributed by atoms with E-state index in [9.17, 15) is 8.78 Å². The monoisotopic (exact) mass is 215 g/mol. The fraction of sp³-hybridized carbons (Fsp3) is 0.455. The largest absolute Gasteiger partial charge is 0.396 e. The van der Waals surface area contributed by atoms with Crippen molar-refractivity contribution >= 4 is 0 Å². The van der Waals surface area contributed by atoms with Crippen LogP contribution in [-0.2, 0) is 0 Å². The zero-order valence-corrected chi connectivity index (χ0v) is 8.63. The summed E-state index contributed by atoms with van der Waals surface area (Å²) >= 11 is 0. The number of aliphatic hydroxyl groups is 1. The van der Waals surface area contributed by atoms with Crippen LogP contribution in [0.15, 0.2) is 18.2 Å². The standard InChI is InChI=1S/C11H15F2NO/c1-14-11(3-2-6-15)9-5-4-8(12)7-10(9)13/h4-5,7,11,14-15H,2-3,6H2,1H3. The van der Waals surface area contributed by atoms with Crippen molar-refractivity contribution in [2.45, 2.75) is 18.9 Å². The number of nitrogens with one attached hydrogen (secondary N) is 1. The summed E-state index contributed by atoms with van der Waals surface area (Å²) in [7, 11) is 1.71. The maximum atomic E-state index is 13.4. The van der Waals surface area contributed by atoms with Gasteiger partial charge in [0, 0.05) is 24.3 Å². The molecule has 0 radical (unpaired) electrons. The van der Waals surface area contributed by atoms with E-state index in [2.05, 4.69) is 5.32 Å². The molecule has 4 heteroatoms. The van der Waals surface area contributed by atoms with Crippen molar-refractivity contribution in [3.8, 4) is 0 Å². The van der Waals surface area contributed by atoms with Gasteiger partial charge in [-0.1, -0.05) is 6.07 Å². The molecule has 0 fully saturated rings. The molecule has 0 heterocycles. The van der Waals surface area contributed by atoms with Crippen LogP contribution in [0.5, 0.6) is 0 Å². The smallest absolute Gasteiger partial charge is 0.130 e. The van der Waals surface area contributed by atoms with Crippen molar-refractivity contribution in [3.63, 3.8) is 0 Å². The molecule has 0 amide bonds. The molecule has 1 rings (SSSR count). The molecule has 84 valence electrons. The third-order valence-corrected chi connectivity index (χ3v) is 2.34. The summed E-state index contributed by atoms with van der Waals surface area (Å²) in [5.74, 6) is -1.12. The highest BCUT2D eigenvalue weighted by Crippen LogP contribution is 2.21. The lowest BCUT2D eigenvalue weighted by atomic mass is 10.0. The summed E-state index contributed by atoms with van der Waals surface area (Å²) in [6.45, 7) is 0.0704. The van der Waals surface area contributed by atoms with Crippen LogP contribution in [0.3, 0.4) is 0 Å². The molecule has 1 unspecified atom stereocenters. The summed E-state index contributed by atoms with van der Waals surface area (Å²) in [6, 6.07) is 3.36. The van der Waals surface area contributed by atoms with Gasteiger partial charge in [-0.25, -0.2) is 8.78 Å². The minimum Gasteiger partial charge on any atom is -0.396 e. The quantitative estimate of drug-likeness (QED) is 0.787. The first-order chi connectivity index (χ1) is 7.19. The van der Waals surface area contributed by atoms with Crippen molar-refractivity contribution in [1.82, 2.24) is 5.32 Å². The molecule has 0 aliphatic rings. The van der Waals surface area contributed by atoms with E-state index in [1.807, 2.05) is 0 Å². The topological polar surface area (TPSA) is 32.3 Å².